The normalized spacial score (nSPS) is 9.83. The summed E-state index contributed by atoms with van der Waals surface area (Å²) in [6.07, 6.45) is 0. The molecule has 0 aliphatic heterocycles. The average Bonchev–Trinajstić information content (AvgIpc) is 1.96. The maximum atomic E-state index is 12.7. The van der Waals surface area contributed by atoms with Crippen molar-refractivity contribution in [2.24, 2.45) is 0 Å². The predicted molar refractivity (Wildman–Crippen MR) is 42.7 cm³/mol. The van der Waals surface area contributed by atoms with E-state index in [-0.39, 0.29) is 4.47 Å². The Morgan fingerprint density at radius 1 is 1.50 bits per heavy atom. The molecule has 0 aliphatic carbocycles. The topological polar surface area (TPSA) is 57.5 Å². The van der Waals surface area contributed by atoms with E-state index in [1.807, 2.05) is 0 Å². The van der Waals surface area contributed by atoms with E-state index in [9.17, 15) is 9.18 Å². The lowest BCUT2D eigenvalue weighted by atomic mass is 10.2. The van der Waals surface area contributed by atoms with Crippen LogP contribution >= 0.6 is 15.9 Å². The summed E-state index contributed by atoms with van der Waals surface area (Å²) in [6, 6.07) is 2.11. The molecule has 1 aromatic rings. The minimum atomic E-state index is -1.37. The van der Waals surface area contributed by atoms with Gasteiger partial charge in [0.05, 0.1) is 0 Å². The first-order chi connectivity index (χ1) is 5.52. The fourth-order valence-electron chi connectivity index (χ4n) is 0.729. The van der Waals surface area contributed by atoms with Gasteiger partial charge in [-0.15, -0.1) is 0 Å². The third kappa shape index (κ3) is 1.55. The molecule has 0 bridgehead atoms. The van der Waals surface area contributed by atoms with Crippen LogP contribution in [0.5, 0.6) is 5.75 Å². The number of aromatic carboxylic acids is 1. The molecule has 0 atom stereocenters. The third-order valence-electron chi connectivity index (χ3n) is 1.26. The number of hydrogen-bond donors (Lipinski definition) is 2. The van der Waals surface area contributed by atoms with Gasteiger partial charge in [-0.25, -0.2) is 9.18 Å². The molecule has 64 valence electrons. The van der Waals surface area contributed by atoms with Crippen molar-refractivity contribution < 1.29 is 19.4 Å². The smallest absolute Gasteiger partial charge is 0.339 e. The summed E-state index contributed by atoms with van der Waals surface area (Å²) in [6.45, 7) is 0. The van der Waals surface area contributed by atoms with E-state index in [0.29, 0.717) is 0 Å². The number of rotatable bonds is 1. The summed E-state index contributed by atoms with van der Waals surface area (Å²) in [7, 11) is 0. The lowest BCUT2D eigenvalue weighted by molar-refractivity contribution is 0.0692. The van der Waals surface area contributed by atoms with Crippen molar-refractivity contribution in [3.05, 3.63) is 28.0 Å². The number of phenols is 1. The summed E-state index contributed by atoms with van der Waals surface area (Å²) in [5, 5.41) is 17.4. The summed E-state index contributed by atoms with van der Waals surface area (Å²) in [5.41, 5.74) is -0.457. The Balaban J connectivity index is 3.37. The number of aromatic hydroxyl groups is 1. The largest absolute Gasteiger partial charge is 0.504 e. The maximum absolute atomic E-state index is 12.7. The van der Waals surface area contributed by atoms with Crippen molar-refractivity contribution in [3.8, 4) is 5.75 Å². The van der Waals surface area contributed by atoms with Crippen molar-refractivity contribution in [1.29, 1.82) is 0 Å². The molecule has 0 aromatic heterocycles. The number of hydrogen-bond acceptors (Lipinski definition) is 2. The summed E-state index contributed by atoms with van der Waals surface area (Å²) in [5.74, 6) is -3.17. The Bertz CT molecular complexity index is 338. The Morgan fingerprint density at radius 2 is 2.08 bits per heavy atom. The Kier molecular flexibility index (Phi) is 2.32. The monoisotopic (exact) mass is 234 g/mol. The molecule has 0 spiro atoms. The van der Waals surface area contributed by atoms with Gasteiger partial charge in [0.2, 0.25) is 0 Å². The van der Waals surface area contributed by atoms with Crippen LogP contribution in [0.2, 0.25) is 0 Å². The fourth-order valence-corrected chi connectivity index (χ4v) is 1.16. The highest BCUT2D eigenvalue weighted by atomic mass is 79.9. The molecule has 1 rings (SSSR count). The molecule has 0 fully saturated rings. The molecule has 3 nitrogen and oxygen atoms in total. The maximum Gasteiger partial charge on any atom is 0.339 e. The van der Waals surface area contributed by atoms with E-state index in [4.69, 9.17) is 10.2 Å². The lowest BCUT2D eigenvalue weighted by Crippen LogP contribution is -1.98. The van der Waals surface area contributed by atoms with E-state index in [2.05, 4.69) is 15.9 Å². The lowest BCUT2D eigenvalue weighted by Gasteiger charge is -2.00. The van der Waals surface area contributed by atoms with Gasteiger partial charge < -0.3 is 10.2 Å². The van der Waals surface area contributed by atoms with E-state index >= 15 is 0 Å². The number of carbonyl (C=O) groups is 1. The van der Waals surface area contributed by atoms with Crippen LogP contribution in [-0.4, -0.2) is 16.2 Å². The second kappa shape index (κ2) is 3.10. The zero-order valence-corrected chi connectivity index (χ0v) is 7.30. The highest BCUT2D eigenvalue weighted by Gasteiger charge is 2.14. The van der Waals surface area contributed by atoms with Crippen molar-refractivity contribution in [2.75, 3.05) is 0 Å². The number of benzene rings is 1. The van der Waals surface area contributed by atoms with Crippen LogP contribution in [0, 0.1) is 5.82 Å². The number of halogens is 2. The SMILES string of the molecule is O=C(O)c1cc(Br)cc(F)c1O. The number of carboxylic acids is 1. The van der Waals surface area contributed by atoms with Crippen LogP contribution in [0.25, 0.3) is 0 Å². The van der Waals surface area contributed by atoms with Crippen molar-refractivity contribution in [3.63, 3.8) is 0 Å². The molecular formula is C7H4BrFO3. The highest BCUT2D eigenvalue weighted by Crippen LogP contribution is 2.25. The third-order valence-corrected chi connectivity index (χ3v) is 1.72. The molecule has 5 heteroatoms. The van der Waals surface area contributed by atoms with E-state index in [1.165, 1.54) is 0 Å². The molecule has 2 N–H and O–H groups in total. The second-order valence-electron chi connectivity index (χ2n) is 2.09. The minimum Gasteiger partial charge on any atom is -0.504 e. The first kappa shape index (κ1) is 8.99. The zero-order valence-electron chi connectivity index (χ0n) is 5.71. The van der Waals surface area contributed by atoms with Gasteiger partial charge in [-0.2, -0.15) is 0 Å². The summed E-state index contributed by atoms with van der Waals surface area (Å²) < 4.78 is 12.9. The molecule has 0 saturated carbocycles. The van der Waals surface area contributed by atoms with Gasteiger partial charge in [0.1, 0.15) is 5.56 Å². The Morgan fingerprint density at radius 3 is 2.58 bits per heavy atom. The van der Waals surface area contributed by atoms with Crippen molar-refractivity contribution in [2.45, 2.75) is 0 Å². The molecule has 0 unspecified atom stereocenters. The van der Waals surface area contributed by atoms with Crippen LogP contribution in [0.4, 0.5) is 4.39 Å². The Hall–Kier alpha value is -1.10. The van der Waals surface area contributed by atoms with Gasteiger partial charge in [0.25, 0.3) is 0 Å². The minimum absolute atomic E-state index is 0.273. The summed E-state index contributed by atoms with van der Waals surface area (Å²) >= 11 is 2.90. The number of carboxylic acid groups (broad SMARTS) is 1. The Labute approximate surface area is 75.6 Å². The second-order valence-corrected chi connectivity index (χ2v) is 3.00. The molecule has 0 heterocycles. The van der Waals surface area contributed by atoms with E-state index in [0.717, 1.165) is 12.1 Å². The predicted octanol–water partition coefficient (Wildman–Crippen LogP) is 1.99. The van der Waals surface area contributed by atoms with Gasteiger partial charge in [-0.3, -0.25) is 0 Å². The van der Waals surface area contributed by atoms with Crippen molar-refractivity contribution in [1.82, 2.24) is 0 Å². The standard InChI is InChI=1S/C7H4BrFO3/c8-3-1-4(7(11)12)6(10)5(9)2-3/h1-2,10H,(H,11,12). The van der Waals surface area contributed by atoms with Crippen LogP contribution in [0.3, 0.4) is 0 Å². The van der Waals surface area contributed by atoms with Crippen LogP contribution in [0.15, 0.2) is 16.6 Å². The molecule has 0 aliphatic rings. The highest BCUT2D eigenvalue weighted by molar-refractivity contribution is 9.10. The summed E-state index contributed by atoms with van der Waals surface area (Å²) in [4.78, 5) is 10.4. The van der Waals surface area contributed by atoms with Crippen LogP contribution in [-0.2, 0) is 0 Å². The molecule has 1 aromatic carbocycles. The molecule has 0 saturated heterocycles. The molecule has 12 heavy (non-hydrogen) atoms. The van der Waals surface area contributed by atoms with Gasteiger partial charge in [-0.1, -0.05) is 15.9 Å². The fraction of sp³-hybridized carbons (Fsp3) is 0. The first-order valence-corrected chi connectivity index (χ1v) is 3.73. The van der Waals surface area contributed by atoms with Crippen LogP contribution in [0.1, 0.15) is 10.4 Å². The van der Waals surface area contributed by atoms with Gasteiger partial charge in [0.15, 0.2) is 11.6 Å². The van der Waals surface area contributed by atoms with Gasteiger partial charge in [0, 0.05) is 4.47 Å². The van der Waals surface area contributed by atoms with Gasteiger partial charge >= 0.3 is 5.97 Å². The zero-order chi connectivity index (χ0) is 9.30. The van der Waals surface area contributed by atoms with E-state index < -0.39 is 23.1 Å². The van der Waals surface area contributed by atoms with E-state index in [1.54, 1.807) is 0 Å². The average molecular weight is 235 g/mol. The quantitative estimate of drug-likeness (QED) is 0.782. The van der Waals surface area contributed by atoms with Crippen molar-refractivity contribution >= 4 is 21.9 Å². The van der Waals surface area contributed by atoms with Crippen LogP contribution < -0.4 is 0 Å². The first-order valence-electron chi connectivity index (χ1n) is 2.93. The molecule has 0 amide bonds. The molecular weight excluding hydrogens is 231 g/mol. The molecule has 0 radical (unpaired) electrons. The van der Waals surface area contributed by atoms with Gasteiger partial charge in [-0.05, 0) is 12.1 Å².